The van der Waals surface area contributed by atoms with Crippen molar-refractivity contribution >= 4 is 11.8 Å². The van der Waals surface area contributed by atoms with Gasteiger partial charge in [-0.2, -0.15) is 0 Å². The van der Waals surface area contributed by atoms with Crippen LogP contribution < -0.4 is 20.3 Å². The van der Waals surface area contributed by atoms with Crippen LogP contribution in [0.5, 0.6) is 17.2 Å². The Balaban J connectivity index is 1.43. The predicted octanol–water partition coefficient (Wildman–Crippen LogP) is 2.72. The second-order valence-electron chi connectivity index (χ2n) is 5.99. The maximum atomic E-state index is 11.6. The molecule has 0 unspecified atom stereocenters. The Morgan fingerprint density at radius 2 is 1.48 bits per heavy atom. The zero-order chi connectivity index (χ0) is 17.6. The van der Waals surface area contributed by atoms with Gasteiger partial charge in [0.2, 0.25) is 5.91 Å². The summed E-state index contributed by atoms with van der Waals surface area (Å²) in [4.78, 5) is 23.0. The van der Waals surface area contributed by atoms with Crippen LogP contribution in [0.25, 0.3) is 0 Å². The Bertz CT molecular complexity index is 737. The first kappa shape index (κ1) is 16.8. The maximum absolute atomic E-state index is 11.6. The average Bonchev–Trinajstić information content (AvgIpc) is 3.46. The highest BCUT2D eigenvalue weighted by Crippen LogP contribution is 2.28. The summed E-state index contributed by atoms with van der Waals surface area (Å²) in [7, 11) is 0. The molecule has 1 aliphatic carbocycles. The maximum Gasteiger partial charge on any atom is 0.276 e. The summed E-state index contributed by atoms with van der Waals surface area (Å²) in [5.74, 6) is 1.46. The molecule has 6 nitrogen and oxygen atoms in total. The number of hydrogen-bond donors (Lipinski definition) is 2. The van der Waals surface area contributed by atoms with E-state index >= 15 is 0 Å². The summed E-state index contributed by atoms with van der Waals surface area (Å²) in [6.45, 7) is 1.84. The first-order valence-electron chi connectivity index (χ1n) is 8.16. The van der Waals surface area contributed by atoms with Gasteiger partial charge < -0.3 is 9.47 Å². The van der Waals surface area contributed by atoms with E-state index in [2.05, 4.69) is 10.9 Å². The molecule has 1 fully saturated rings. The minimum Gasteiger partial charge on any atom is -0.484 e. The first-order chi connectivity index (χ1) is 12.1. The lowest BCUT2D eigenvalue weighted by Crippen LogP contribution is -2.44. The summed E-state index contributed by atoms with van der Waals surface area (Å²) in [5.41, 5.74) is 5.89. The van der Waals surface area contributed by atoms with Gasteiger partial charge in [0, 0.05) is 5.92 Å². The minimum atomic E-state index is -0.408. The summed E-state index contributed by atoms with van der Waals surface area (Å²) in [6.07, 6.45) is 1.77. The largest absolute Gasteiger partial charge is 0.484 e. The summed E-state index contributed by atoms with van der Waals surface area (Å²) >= 11 is 0. The molecule has 0 heterocycles. The average molecular weight is 340 g/mol. The lowest BCUT2D eigenvalue weighted by atomic mass is 10.2. The van der Waals surface area contributed by atoms with E-state index in [4.69, 9.17) is 9.47 Å². The fourth-order valence-corrected chi connectivity index (χ4v) is 2.11. The van der Waals surface area contributed by atoms with Gasteiger partial charge in [0.15, 0.2) is 6.61 Å². The Labute approximate surface area is 146 Å². The van der Waals surface area contributed by atoms with Crippen LogP contribution in [0, 0.1) is 12.8 Å². The zero-order valence-corrected chi connectivity index (χ0v) is 14.0. The molecule has 2 amide bonds. The van der Waals surface area contributed by atoms with Crippen molar-refractivity contribution < 1.29 is 19.1 Å². The van der Waals surface area contributed by atoms with Crippen molar-refractivity contribution in [2.75, 3.05) is 6.61 Å². The number of ether oxygens (including phenoxy) is 2. The van der Waals surface area contributed by atoms with Gasteiger partial charge >= 0.3 is 0 Å². The van der Waals surface area contributed by atoms with Crippen molar-refractivity contribution in [2.45, 2.75) is 19.8 Å². The van der Waals surface area contributed by atoms with Crippen LogP contribution in [0.4, 0.5) is 0 Å². The van der Waals surface area contributed by atoms with Crippen LogP contribution in [0.15, 0.2) is 48.5 Å². The van der Waals surface area contributed by atoms with Gasteiger partial charge in [0.1, 0.15) is 17.2 Å². The third kappa shape index (κ3) is 5.24. The van der Waals surface area contributed by atoms with Gasteiger partial charge in [-0.05, 0) is 56.2 Å². The highest BCUT2D eigenvalue weighted by molar-refractivity contribution is 5.85. The molecular weight excluding hydrogens is 320 g/mol. The van der Waals surface area contributed by atoms with E-state index in [1.165, 1.54) is 5.56 Å². The Morgan fingerprint density at radius 3 is 2.08 bits per heavy atom. The second kappa shape index (κ2) is 7.70. The lowest BCUT2D eigenvalue weighted by molar-refractivity contribution is -0.130. The molecule has 2 aromatic rings. The molecule has 25 heavy (non-hydrogen) atoms. The number of amides is 2. The fraction of sp³-hybridized carbons (Fsp3) is 0.263. The van der Waals surface area contributed by atoms with Gasteiger partial charge in [0.05, 0.1) is 0 Å². The molecule has 0 radical (unpaired) electrons. The Kier molecular flexibility index (Phi) is 5.18. The number of benzene rings is 2. The highest BCUT2D eigenvalue weighted by Gasteiger charge is 2.29. The van der Waals surface area contributed by atoms with Gasteiger partial charge in [-0.15, -0.1) is 0 Å². The standard InChI is InChI=1S/C19H20N2O4/c1-13-2-6-16(7-3-13)25-17-10-8-15(9-11-17)24-12-18(22)20-21-19(23)14-4-5-14/h2-3,6-11,14H,4-5,12H2,1H3,(H,20,22)(H,21,23). The first-order valence-corrected chi connectivity index (χ1v) is 8.16. The molecule has 2 N–H and O–H groups in total. The summed E-state index contributed by atoms with van der Waals surface area (Å²) < 4.78 is 11.1. The molecule has 130 valence electrons. The van der Waals surface area contributed by atoms with Gasteiger partial charge in [-0.1, -0.05) is 17.7 Å². The molecule has 3 rings (SSSR count). The van der Waals surface area contributed by atoms with E-state index in [9.17, 15) is 9.59 Å². The van der Waals surface area contributed by atoms with Crippen LogP contribution >= 0.6 is 0 Å². The van der Waals surface area contributed by atoms with Gasteiger partial charge in [-0.3, -0.25) is 20.4 Å². The summed E-state index contributed by atoms with van der Waals surface area (Å²) in [5, 5.41) is 0. The number of rotatable bonds is 6. The third-order valence-corrected chi connectivity index (χ3v) is 3.72. The summed E-state index contributed by atoms with van der Waals surface area (Å²) in [6, 6.07) is 14.7. The lowest BCUT2D eigenvalue weighted by Gasteiger charge is -2.09. The predicted molar refractivity (Wildman–Crippen MR) is 92.2 cm³/mol. The number of carbonyl (C=O) groups is 2. The molecule has 0 atom stereocenters. The molecule has 6 heteroatoms. The smallest absolute Gasteiger partial charge is 0.276 e. The number of hydrazine groups is 1. The van der Waals surface area contributed by atoms with E-state index < -0.39 is 5.91 Å². The van der Waals surface area contributed by atoms with E-state index in [1.54, 1.807) is 24.3 Å². The van der Waals surface area contributed by atoms with Crippen molar-refractivity contribution in [1.82, 2.24) is 10.9 Å². The van der Waals surface area contributed by atoms with Crippen LogP contribution in [0.1, 0.15) is 18.4 Å². The van der Waals surface area contributed by atoms with Crippen molar-refractivity contribution in [2.24, 2.45) is 5.92 Å². The number of hydrogen-bond acceptors (Lipinski definition) is 4. The van der Waals surface area contributed by atoms with Crippen LogP contribution in [-0.2, 0) is 9.59 Å². The molecule has 0 saturated heterocycles. The van der Waals surface area contributed by atoms with Crippen molar-refractivity contribution in [3.05, 3.63) is 54.1 Å². The number of aryl methyl sites for hydroxylation is 1. The van der Waals surface area contributed by atoms with E-state index in [0.29, 0.717) is 11.5 Å². The third-order valence-electron chi connectivity index (χ3n) is 3.72. The monoisotopic (exact) mass is 340 g/mol. The molecule has 0 aromatic heterocycles. The molecule has 1 saturated carbocycles. The van der Waals surface area contributed by atoms with E-state index in [1.807, 2.05) is 31.2 Å². The Hall–Kier alpha value is -3.02. The van der Waals surface area contributed by atoms with E-state index in [0.717, 1.165) is 18.6 Å². The van der Waals surface area contributed by atoms with Gasteiger partial charge in [-0.25, -0.2) is 0 Å². The van der Waals surface area contributed by atoms with Crippen LogP contribution in [0.2, 0.25) is 0 Å². The van der Waals surface area contributed by atoms with Crippen molar-refractivity contribution in [3.63, 3.8) is 0 Å². The van der Waals surface area contributed by atoms with Crippen LogP contribution in [-0.4, -0.2) is 18.4 Å². The molecule has 0 bridgehead atoms. The molecule has 0 spiro atoms. The second-order valence-corrected chi connectivity index (χ2v) is 5.99. The molecular formula is C19H20N2O4. The normalized spacial score (nSPS) is 13.0. The molecule has 0 aliphatic heterocycles. The molecule has 2 aromatic carbocycles. The quantitative estimate of drug-likeness (QED) is 0.793. The highest BCUT2D eigenvalue weighted by atomic mass is 16.5. The SMILES string of the molecule is Cc1ccc(Oc2ccc(OCC(=O)NNC(=O)C3CC3)cc2)cc1. The zero-order valence-electron chi connectivity index (χ0n) is 14.0. The van der Waals surface area contributed by atoms with Gasteiger partial charge in [0.25, 0.3) is 5.91 Å². The topological polar surface area (TPSA) is 76.7 Å². The molecule has 1 aliphatic rings. The minimum absolute atomic E-state index is 0.0438. The number of carbonyl (C=O) groups excluding carboxylic acids is 2. The van der Waals surface area contributed by atoms with Crippen molar-refractivity contribution in [1.29, 1.82) is 0 Å². The number of nitrogens with one attached hydrogen (secondary N) is 2. The van der Waals surface area contributed by atoms with E-state index in [-0.39, 0.29) is 18.4 Å². The fourth-order valence-electron chi connectivity index (χ4n) is 2.11. The van der Waals surface area contributed by atoms with Crippen molar-refractivity contribution in [3.8, 4) is 17.2 Å². The Morgan fingerprint density at radius 1 is 0.920 bits per heavy atom. The van der Waals surface area contributed by atoms with Crippen LogP contribution in [0.3, 0.4) is 0 Å².